The topological polar surface area (TPSA) is 26.3 Å². The smallest absolute Gasteiger partial charge is 0.191 e. The predicted octanol–water partition coefficient (Wildman–Crippen LogP) is 3.49. The Morgan fingerprint density at radius 1 is 1.29 bits per heavy atom. The average Bonchev–Trinajstić information content (AvgIpc) is 2.34. The van der Waals surface area contributed by atoms with E-state index in [1.165, 1.54) is 5.56 Å². The highest BCUT2D eigenvalue weighted by atomic mass is 16.5. The highest BCUT2D eigenvalue weighted by Crippen LogP contribution is 2.15. The van der Waals surface area contributed by atoms with Gasteiger partial charge in [0.2, 0.25) is 0 Å². The molecule has 1 rings (SSSR count). The van der Waals surface area contributed by atoms with Crippen LogP contribution < -0.4 is 0 Å². The van der Waals surface area contributed by atoms with Crippen LogP contribution in [0.3, 0.4) is 0 Å². The first kappa shape index (κ1) is 13.9. The van der Waals surface area contributed by atoms with Crippen molar-refractivity contribution < 1.29 is 9.53 Å². The Hall–Kier alpha value is -1.15. The standard InChI is InChI=1S/C15H22O2/c1-5-12-8-7-9-13(10-12)14(16)15(11(3)4)17-6-2/h7-11,15H,5-6H2,1-4H3. The molecular formula is C15H22O2. The Morgan fingerprint density at radius 3 is 2.53 bits per heavy atom. The first-order chi connectivity index (χ1) is 8.10. The van der Waals surface area contributed by atoms with E-state index in [9.17, 15) is 4.79 Å². The number of carbonyl (C=O) groups is 1. The van der Waals surface area contributed by atoms with Gasteiger partial charge in [0.1, 0.15) is 6.10 Å². The molecule has 1 unspecified atom stereocenters. The number of hydrogen-bond acceptors (Lipinski definition) is 2. The van der Waals surface area contributed by atoms with Gasteiger partial charge < -0.3 is 4.74 Å². The third-order valence-electron chi connectivity index (χ3n) is 2.83. The Bertz CT molecular complexity index is 369. The van der Waals surface area contributed by atoms with Gasteiger partial charge in [0.25, 0.3) is 0 Å². The van der Waals surface area contributed by atoms with E-state index in [-0.39, 0.29) is 17.8 Å². The van der Waals surface area contributed by atoms with E-state index in [2.05, 4.69) is 6.92 Å². The van der Waals surface area contributed by atoms with Crippen LogP contribution in [-0.2, 0) is 11.2 Å². The maximum Gasteiger partial charge on any atom is 0.191 e. The van der Waals surface area contributed by atoms with Crippen LogP contribution >= 0.6 is 0 Å². The molecule has 0 heterocycles. The Kier molecular flexibility index (Phi) is 5.36. The van der Waals surface area contributed by atoms with Crippen LogP contribution in [0.1, 0.15) is 43.6 Å². The summed E-state index contributed by atoms with van der Waals surface area (Å²) >= 11 is 0. The fourth-order valence-electron chi connectivity index (χ4n) is 1.86. The number of ether oxygens (including phenoxy) is 1. The van der Waals surface area contributed by atoms with Gasteiger partial charge in [-0.1, -0.05) is 39.0 Å². The fraction of sp³-hybridized carbons (Fsp3) is 0.533. The minimum Gasteiger partial charge on any atom is -0.370 e. The molecule has 0 aliphatic carbocycles. The first-order valence-corrected chi connectivity index (χ1v) is 6.34. The van der Waals surface area contributed by atoms with Crippen molar-refractivity contribution in [2.24, 2.45) is 5.92 Å². The Labute approximate surface area is 104 Å². The summed E-state index contributed by atoms with van der Waals surface area (Å²) in [6, 6.07) is 7.82. The van der Waals surface area contributed by atoms with Crippen molar-refractivity contribution in [3.8, 4) is 0 Å². The molecule has 0 fully saturated rings. The summed E-state index contributed by atoms with van der Waals surface area (Å²) in [5, 5.41) is 0. The summed E-state index contributed by atoms with van der Waals surface area (Å²) in [7, 11) is 0. The molecule has 0 amide bonds. The number of ketones is 1. The summed E-state index contributed by atoms with van der Waals surface area (Å²) in [6.45, 7) is 8.61. The molecule has 0 bridgehead atoms. The molecule has 17 heavy (non-hydrogen) atoms. The molecule has 0 spiro atoms. The van der Waals surface area contributed by atoms with Crippen molar-refractivity contribution in [2.45, 2.75) is 40.2 Å². The van der Waals surface area contributed by atoms with E-state index in [0.717, 1.165) is 12.0 Å². The SMILES string of the molecule is CCOC(C(=O)c1cccc(CC)c1)C(C)C. The zero-order valence-corrected chi connectivity index (χ0v) is 11.2. The van der Waals surface area contributed by atoms with Gasteiger partial charge in [-0.15, -0.1) is 0 Å². The number of carbonyl (C=O) groups excluding carboxylic acids is 1. The Morgan fingerprint density at radius 2 is 2.00 bits per heavy atom. The van der Waals surface area contributed by atoms with Gasteiger partial charge in [-0.05, 0) is 30.9 Å². The van der Waals surface area contributed by atoms with Crippen molar-refractivity contribution in [3.63, 3.8) is 0 Å². The monoisotopic (exact) mass is 234 g/mol. The molecule has 1 atom stereocenters. The second-order valence-corrected chi connectivity index (χ2v) is 4.54. The minimum absolute atomic E-state index is 0.0946. The maximum absolute atomic E-state index is 12.3. The lowest BCUT2D eigenvalue weighted by Gasteiger charge is -2.19. The molecule has 0 aromatic heterocycles. The van der Waals surface area contributed by atoms with Gasteiger partial charge in [-0.2, -0.15) is 0 Å². The van der Waals surface area contributed by atoms with Crippen molar-refractivity contribution in [2.75, 3.05) is 6.61 Å². The molecule has 1 aromatic carbocycles. The molecule has 2 heteroatoms. The van der Waals surface area contributed by atoms with Gasteiger partial charge in [0.15, 0.2) is 5.78 Å². The molecule has 0 radical (unpaired) electrons. The molecule has 94 valence electrons. The molecule has 0 saturated carbocycles. The van der Waals surface area contributed by atoms with E-state index in [1.807, 2.05) is 45.0 Å². The van der Waals surface area contributed by atoms with Gasteiger partial charge in [-0.25, -0.2) is 0 Å². The molecule has 0 N–H and O–H groups in total. The van der Waals surface area contributed by atoms with Crippen LogP contribution in [0.2, 0.25) is 0 Å². The molecule has 0 aliphatic heterocycles. The van der Waals surface area contributed by atoms with Crippen molar-refractivity contribution in [3.05, 3.63) is 35.4 Å². The highest BCUT2D eigenvalue weighted by Gasteiger charge is 2.23. The van der Waals surface area contributed by atoms with Crippen molar-refractivity contribution in [1.29, 1.82) is 0 Å². The summed E-state index contributed by atoms with van der Waals surface area (Å²) in [5.74, 6) is 0.296. The second kappa shape index (κ2) is 6.55. The summed E-state index contributed by atoms with van der Waals surface area (Å²) in [5.41, 5.74) is 1.95. The Balaban J connectivity index is 2.92. The average molecular weight is 234 g/mol. The predicted molar refractivity (Wildman–Crippen MR) is 70.4 cm³/mol. The normalized spacial score (nSPS) is 12.8. The van der Waals surface area contributed by atoms with Crippen molar-refractivity contribution >= 4 is 5.78 Å². The van der Waals surface area contributed by atoms with Crippen LogP contribution in [0, 0.1) is 5.92 Å². The van der Waals surface area contributed by atoms with E-state index >= 15 is 0 Å². The number of benzene rings is 1. The zero-order chi connectivity index (χ0) is 12.8. The van der Waals surface area contributed by atoms with Crippen LogP contribution in [-0.4, -0.2) is 18.5 Å². The number of hydrogen-bond donors (Lipinski definition) is 0. The number of Topliss-reactive ketones (excluding diaryl/α,β-unsaturated/α-hetero) is 1. The van der Waals surface area contributed by atoms with E-state index in [0.29, 0.717) is 6.61 Å². The highest BCUT2D eigenvalue weighted by molar-refractivity contribution is 5.99. The molecule has 1 aromatic rings. The minimum atomic E-state index is -0.327. The third kappa shape index (κ3) is 3.67. The van der Waals surface area contributed by atoms with Gasteiger partial charge in [-0.3, -0.25) is 4.79 Å². The van der Waals surface area contributed by atoms with Crippen molar-refractivity contribution in [1.82, 2.24) is 0 Å². The third-order valence-corrected chi connectivity index (χ3v) is 2.83. The van der Waals surface area contributed by atoms with E-state index < -0.39 is 0 Å². The molecule has 2 nitrogen and oxygen atoms in total. The summed E-state index contributed by atoms with van der Waals surface area (Å²) in [4.78, 5) is 12.3. The van der Waals surface area contributed by atoms with Crippen LogP contribution in [0.15, 0.2) is 24.3 Å². The van der Waals surface area contributed by atoms with Crippen LogP contribution in [0.5, 0.6) is 0 Å². The van der Waals surface area contributed by atoms with Crippen LogP contribution in [0.25, 0.3) is 0 Å². The summed E-state index contributed by atoms with van der Waals surface area (Å²) in [6.07, 6.45) is 0.620. The first-order valence-electron chi connectivity index (χ1n) is 6.34. The zero-order valence-electron chi connectivity index (χ0n) is 11.2. The second-order valence-electron chi connectivity index (χ2n) is 4.54. The number of rotatable bonds is 6. The fourth-order valence-corrected chi connectivity index (χ4v) is 1.86. The lowest BCUT2D eigenvalue weighted by atomic mass is 9.96. The molecular weight excluding hydrogens is 212 g/mol. The van der Waals surface area contributed by atoms with E-state index in [1.54, 1.807) is 0 Å². The van der Waals surface area contributed by atoms with Crippen LogP contribution in [0.4, 0.5) is 0 Å². The lowest BCUT2D eigenvalue weighted by molar-refractivity contribution is 0.0279. The molecule has 0 saturated heterocycles. The largest absolute Gasteiger partial charge is 0.370 e. The maximum atomic E-state index is 12.3. The van der Waals surface area contributed by atoms with Gasteiger partial charge >= 0.3 is 0 Å². The van der Waals surface area contributed by atoms with E-state index in [4.69, 9.17) is 4.74 Å². The quantitative estimate of drug-likeness (QED) is 0.704. The van der Waals surface area contributed by atoms with Gasteiger partial charge in [0, 0.05) is 12.2 Å². The van der Waals surface area contributed by atoms with Gasteiger partial charge in [0.05, 0.1) is 0 Å². The number of aryl methyl sites for hydroxylation is 1. The molecule has 0 aliphatic rings. The lowest BCUT2D eigenvalue weighted by Crippen LogP contribution is -2.29. The summed E-state index contributed by atoms with van der Waals surface area (Å²) < 4.78 is 5.54.